The Morgan fingerprint density at radius 2 is 1.77 bits per heavy atom. The molecule has 1 saturated heterocycles. The Morgan fingerprint density at radius 3 is 2.63 bits per heavy atom. The predicted octanol–water partition coefficient (Wildman–Crippen LogP) is 5.09. The second-order valence-corrected chi connectivity index (χ2v) is 8.36. The molecule has 0 amide bonds. The fraction of sp³-hybridized carbons (Fsp3) is 0.208. The SMILES string of the molecule is c1ccc(CNSc2cccc(-c3ccc4ncnc(N5CCCC5)c4n3)c2)cc1. The molecule has 3 heterocycles. The van der Waals surface area contributed by atoms with Crippen LogP contribution in [-0.2, 0) is 6.54 Å². The van der Waals surface area contributed by atoms with Crippen LogP contribution in [0, 0.1) is 0 Å². The highest BCUT2D eigenvalue weighted by Crippen LogP contribution is 2.29. The molecule has 2 aromatic carbocycles. The lowest BCUT2D eigenvalue weighted by molar-refractivity contribution is 0.935. The summed E-state index contributed by atoms with van der Waals surface area (Å²) in [5, 5.41) is 0. The van der Waals surface area contributed by atoms with E-state index in [0.717, 1.165) is 52.6 Å². The molecular weight excluding hydrogens is 390 g/mol. The Morgan fingerprint density at radius 1 is 0.900 bits per heavy atom. The predicted molar refractivity (Wildman–Crippen MR) is 123 cm³/mol. The molecule has 2 aromatic heterocycles. The summed E-state index contributed by atoms with van der Waals surface area (Å²) in [6.07, 6.45) is 4.06. The summed E-state index contributed by atoms with van der Waals surface area (Å²) in [6.45, 7) is 2.90. The quantitative estimate of drug-likeness (QED) is 0.445. The highest BCUT2D eigenvalue weighted by atomic mass is 32.2. The number of anilines is 1. The van der Waals surface area contributed by atoms with Crippen molar-refractivity contribution in [3.63, 3.8) is 0 Å². The molecule has 0 spiro atoms. The lowest BCUT2D eigenvalue weighted by Crippen LogP contribution is -2.19. The number of hydrogen-bond donors (Lipinski definition) is 1. The first-order chi connectivity index (χ1) is 14.9. The molecule has 0 unspecified atom stereocenters. The molecule has 1 aliphatic heterocycles. The molecule has 1 N–H and O–H groups in total. The first-order valence-electron chi connectivity index (χ1n) is 10.3. The summed E-state index contributed by atoms with van der Waals surface area (Å²) in [6, 6.07) is 23.0. The van der Waals surface area contributed by atoms with Crippen molar-refractivity contribution in [3.05, 3.63) is 78.6 Å². The average Bonchev–Trinajstić information content (AvgIpc) is 3.34. The van der Waals surface area contributed by atoms with Crippen molar-refractivity contribution < 1.29 is 0 Å². The van der Waals surface area contributed by atoms with Gasteiger partial charge >= 0.3 is 0 Å². The standard InChI is InChI=1S/C24H23N5S/c1-2-7-18(8-3-1)16-27-30-20-10-6-9-19(15-20)21-11-12-22-23(28-21)24(26-17-25-22)29-13-4-5-14-29/h1-3,6-12,15,17,27H,4-5,13-14,16H2. The van der Waals surface area contributed by atoms with Crippen molar-refractivity contribution in [2.45, 2.75) is 24.3 Å². The highest BCUT2D eigenvalue weighted by Gasteiger charge is 2.18. The summed E-state index contributed by atoms with van der Waals surface area (Å²) in [5.41, 5.74) is 5.09. The second-order valence-electron chi connectivity index (χ2n) is 7.39. The molecule has 0 saturated carbocycles. The van der Waals surface area contributed by atoms with E-state index in [2.05, 4.69) is 68.1 Å². The Bertz CT molecular complexity index is 1140. The van der Waals surface area contributed by atoms with Gasteiger partial charge < -0.3 is 4.90 Å². The van der Waals surface area contributed by atoms with E-state index in [1.54, 1.807) is 18.3 Å². The second kappa shape index (κ2) is 8.81. The average molecular weight is 414 g/mol. The van der Waals surface area contributed by atoms with Gasteiger partial charge in [0.2, 0.25) is 0 Å². The molecule has 150 valence electrons. The molecule has 5 nitrogen and oxygen atoms in total. The van der Waals surface area contributed by atoms with Crippen molar-refractivity contribution in [1.82, 2.24) is 19.7 Å². The van der Waals surface area contributed by atoms with E-state index < -0.39 is 0 Å². The summed E-state index contributed by atoms with van der Waals surface area (Å²) in [7, 11) is 0. The van der Waals surface area contributed by atoms with E-state index in [0.29, 0.717) is 0 Å². The summed E-state index contributed by atoms with van der Waals surface area (Å²) < 4.78 is 3.44. The molecule has 0 bridgehead atoms. The van der Waals surface area contributed by atoms with Gasteiger partial charge in [-0.15, -0.1) is 0 Å². The van der Waals surface area contributed by atoms with Gasteiger partial charge in [0.05, 0.1) is 11.2 Å². The van der Waals surface area contributed by atoms with E-state index >= 15 is 0 Å². The maximum Gasteiger partial charge on any atom is 0.158 e. The fourth-order valence-corrected chi connectivity index (χ4v) is 4.50. The zero-order valence-corrected chi connectivity index (χ0v) is 17.5. The van der Waals surface area contributed by atoms with Crippen LogP contribution in [0.2, 0.25) is 0 Å². The van der Waals surface area contributed by atoms with Crippen LogP contribution in [0.4, 0.5) is 5.82 Å². The Hall–Kier alpha value is -2.96. The van der Waals surface area contributed by atoms with Gasteiger partial charge in [-0.3, -0.25) is 4.72 Å². The van der Waals surface area contributed by atoms with Crippen molar-refractivity contribution in [1.29, 1.82) is 0 Å². The van der Waals surface area contributed by atoms with Crippen LogP contribution in [-0.4, -0.2) is 28.0 Å². The first kappa shape index (κ1) is 19.0. The maximum atomic E-state index is 4.96. The fourth-order valence-electron chi connectivity index (χ4n) is 3.77. The maximum absolute atomic E-state index is 4.96. The Labute approximate surface area is 180 Å². The normalized spacial score (nSPS) is 13.8. The molecular formula is C24H23N5S. The minimum atomic E-state index is 0.820. The molecule has 6 heteroatoms. The number of nitrogens with one attached hydrogen (secondary N) is 1. The number of pyridine rings is 1. The molecule has 1 aliphatic rings. The van der Waals surface area contributed by atoms with E-state index in [9.17, 15) is 0 Å². The zero-order valence-electron chi connectivity index (χ0n) is 16.7. The zero-order chi connectivity index (χ0) is 20.2. The van der Waals surface area contributed by atoms with Gasteiger partial charge in [0.15, 0.2) is 5.82 Å². The highest BCUT2D eigenvalue weighted by molar-refractivity contribution is 7.97. The van der Waals surface area contributed by atoms with Crippen molar-refractivity contribution in [2.75, 3.05) is 18.0 Å². The van der Waals surface area contributed by atoms with Crippen LogP contribution in [0.5, 0.6) is 0 Å². The van der Waals surface area contributed by atoms with Gasteiger partial charge in [0.1, 0.15) is 11.8 Å². The number of nitrogens with zero attached hydrogens (tertiary/aromatic N) is 4. The van der Waals surface area contributed by atoms with Gasteiger partial charge in [0.25, 0.3) is 0 Å². The molecule has 0 radical (unpaired) electrons. The van der Waals surface area contributed by atoms with Crippen LogP contribution < -0.4 is 9.62 Å². The summed E-state index contributed by atoms with van der Waals surface area (Å²) in [5.74, 6) is 0.953. The summed E-state index contributed by atoms with van der Waals surface area (Å²) >= 11 is 1.64. The number of fused-ring (bicyclic) bond motifs is 1. The monoisotopic (exact) mass is 413 g/mol. The van der Waals surface area contributed by atoms with Gasteiger partial charge in [0, 0.05) is 30.1 Å². The molecule has 4 aromatic rings. The van der Waals surface area contributed by atoms with E-state index in [4.69, 9.17) is 4.98 Å². The number of benzene rings is 2. The third-order valence-corrected chi connectivity index (χ3v) is 6.09. The van der Waals surface area contributed by atoms with Crippen LogP contribution in [0.15, 0.2) is 78.0 Å². The van der Waals surface area contributed by atoms with Crippen molar-refractivity contribution in [2.24, 2.45) is 0 Å². The smallest absolute Gasteiger partial charge is 0.158 e. The van der Waals surface area contributed by atoms with Crippen molar-refractivity contribution >= 4 is 28.8 Å². The van der Waals surface area contributed by atoms with E-state index in [1.165, 1.54) is 18.4 Å². The Balaban J connectivity index is 1.38. The number of aromatic nitrogens is 3. The van der Waals surface area contributed by atoms with Gasteiger partial charge in [-0.05, 0) is 54.6 Å². The third-order valence-electron chi connectivity index (χ3n) is 5.31. The third kappa shape index (κ3) is 4.15. The van der Waals surface area contributed by atoms with Crippen LogP contribution in [0.1, 0.15) is 18.4 Å². The molecule has 0 aliphatic carbocycles. The largest absolute Gasteiger partial charge is 0.355 e. The van der Waals surface area contributed by atoms with E-state index in [1.807, 2.05) is 18.2 Å². The molecule has 5 rings (SSSR count). The minimum Gasteiger partial charge on any atom is -0.355 e. The van der Waals surface area contributed by atoms with Gasteiger partial charge in [-0.2, -0.15) is 0 Å². The topological polar surface area (TPSA) is 53.9 Å². The Kier molecular flexibility index (Phi) is 5.59. The lowest BCUT2D eigenvalue weighted by atomic mass is 10.1. The first-order valence-corrected chi connectivity index (χ1v) is 11.1. The number of hydrogen-bond acceptors (Lipinski definition) is 6. The number of rotatable bonds is 6. The summed E-state index contributed by atoms with van der Waals surface area (Å²) in [4.78, 5) is 17.4. The van der Waals surface area contributed by atoms with Gasteiger partial charge in [-0.1, -0.05) is 42.5 Å². The van der Waals surface area contributed by atoms with Crippen LogP contribution in [0.3, 0.4) is 0 Å². The lowest BCUT2D eigenvalue weighted by Gasteiger charge is -2.17. The van der Waals surface area contributed by atoms with Crippen LogP contribution >= 0.6 is 11.9 Å². The molecule has 0 atom stereocenters. The molecule has 1 fully saturated rings. The van der Waals surface area contributed by atoms with Gasteiger partial charge in [-0.25, -0.2) is 15.0 Å². The molecule has 30 heavy (non-hydrogen) atoms. The van der Waals surface area contributed by atoms with Crippen LogP contribution in [0.25, 0.3) is 22.3 Å². The minimum absolute atomic E-state index is 0.820. The van der Waals surface area contributed by atoms with E-state index in [-0.39, 0.29) is 0 Å². The van der Waals surface area contributed by atoms with Crippen molar-refractivity contribution in [3.8, 4) is 11.3 Å².